The number of nitrogens with two attached hydrogens (primary N) is 2. The average Bonchev–Trinajstić information content (AvgIpc) is 2.07. The van der Waals surface area contributed by atoms with Crippen LogP contribution in [0.2, 0.25) is 0 Å². The van der Waals surface area contributed by atoms with Gasteiger partial charge in [0.15, 0.2) is 0 Å². The second kappa shape index (κ2) is 40.6. The van der Waals surface area contributed by atoms with Crippen LogP contribution < -0.4 is 11.5 Å². The Morgan fingerprint density at radius 1 is 1.27 bits per heavy atom. The van der Waals surface area contributed by atoms with Crippen LogP contribution in [0.25, 0.3) is 0 Å². The number of aliphatic carboxylic acids is 1. The molecule has 2 amide bonds. The van der Waals surface area contributed by atoms with Gasteiger partial charge in [0.05, 0.1) is 0 Å². The highest BCUT2D eigenvalue weighted by molar-refractivity contribution is 5.62. The van der Waals surface area contributed by atoms with Gasteiger partial charge in [0, 0.05) is 6.92 Å². The van der Waals surface area contributed by atoms with Crippen molar-refractivity contribution in [3.63, 3.8) is 0 Å². The zero-order valence-electron chi connectivity index (χ0n) is 8.92. The minimum atomic E-state index is -0.833. The molecular weight excluding hydrogens is 200 g/mol. The van der Waals surface area contributed by atoms with Gasteiger partial charge in [-0.2, -0.15) is 0 Å². The summed E-state index contributed by atoms with van der Waals surface area (Å²) in [6.07, 6.45) is 6.08. The Bertz CT molecular complexity index is 169. The van der Waals surface area contributed by atoms with E-state index in [4.69, 9.17) is 19.5 Å². The summed E-state index contributed by atoms with van der Waals surface area (Å²) in [6.45, 7) is 6.51. The summed E-state index contributed by atoms with van der Waals surface area (Å²) < 4.78 is 0. The van der Waals surface area contributed by atoms with Crippen molar-refractivity contribution >= 4 is 18.8 Å². The van der Waals surface area contributed by atoms with E-state index in [1.807, 2.05) is 19.1 Å². The molecule has 5 N–H and O–H groups in total. The molecule has 0 aromatic carbocycles. The molecule has 0 unspecified atom stereocenters. The molecule has 0 saturated carbocycles. The molecule has 0 heterocycles. The third-order valence-corrected chi connectivity index (χ3v) is 0.329. The van der Waals surface area contributed by atoms with Crippen LogP contribution in [0.1, 0.15) is 13.8 Å². The number of carbonyl (C=O) groups is 3. The van der Waals surface area contributed by atoms with Crippen molar-refractivity contribution in [1.29, 1.82) is 0 Å². The summed E-state index contributed by atoms with van der Waals surface area (Å²) in [5.74, 6) is -0.833. The Labute approximate surface area is 89.3 Å². The topological polar surface area (TPSA) is 123 Å². The van der Waals surface area contributed by atoms with Crippen molar-refractivity contribution in [2.75, 3.05) is 0 Å². The molecule has 0 aliphatic carbocycles. The molecule has 0 saturated heterocycles. The Balaban J connectivity index is -0.0000000553. The molecule has 6 nitrogen and oxygen atoms in total. The first-order chi connectivity index (χ1) is 6.97. The van der Waals surface area contributed by atoms with Crippen LogP contribution in [-0.2, 0) is 14.4 Å². The molecule has 0 bridgehead atoms. The molecule has 88 valence electrons. The molecule has 0 aliphatic heterocycles. The molecule has 0 fully saturated rings. The lowest BCUT2D eigenvalue weighted by molar-refractivity contribution is -0.134. The predicted molar refractivity (Wildman–Crippen MR) is 58.8 cm³/mol. The van der Waals surface area contributed by atoms with Crippen molar-refractivity contribution in [2.45, 2.75) is 13.8 Å². The lowest BCUT2D eigenvalue weighted by Gasteiger charge is -1.59. The number of hydrogen-bond acceptors (Lipinski definition) is 3. The third-order valence-electron chi connectivity index (χ3n) is 0.329. The lowest BCUT2D eigenvalue weighted by atomic mass is 10.5. The van der Waals surface area contributed by atoms with Crippen LogP contribution in [0.4, 0.5) is 0 Å². The zero-order chi connectivity index (χ0) is 13.1. The number of carboxylic acids is 1. The van der Waals surface area contributed by atoms with Crippen LogP contribution >= 0.6 is 0 Å². The molecule has 0 atom stereocenters. The van der Waals surface area contributed by atoms with Gasteiger partial charge >= 0.3 is 0 Å². The number of primary amides is 2. The van der Waals surface area contributed by atoms with E-state index in [1.54, 1.807) is 6.08 Å². The SMILES string of the molecule is C=CC=CC.CC(=O)O.NC=O.NC=O. The standard InChI is InChI=1S/C5H8.C2H4O2.2CH3NO/c1-3-5-4-2;1-2(3)4;2*2-1-3/h3-5H,1H2,2H3;1H3,(H,3,4);2*1H,(H2,2,3). The predicted octanol–water partition coefficient (Wildman–Crippen LogP) is 0.0424. The molecule has 0 aliphatic rings. The summed E-state index contributed by atoms with van der Waals surface area (Å²) in [7, 11) is 0. The fraction of sp³-hybridized carbons (Fsp3) is 0.222. The quantitative estimate of drug-likeness (QED) is 0.424. The van der Waals surface area contributed by atoms with E-state index in [-0.39, 0.29) is 12.8 Å². The largest absolute Gasteiger partial charge is 0.481 e. The Morgan fingerprint density at radius 3 is 1.47 bits per heavy atom. The summed E-state index contributed by atoms with van der Waals surface area (Å²) in [5, 5.41) is 7.42. The van der Waals surface area contributed by atoms with Gasteiger partial charge in [-0.15, -0.1) is 0 Å². The van der Waals surface area contributed by atoms with Gasteiger partial charge in [-0.3, -0.25) is 14.4 Å². The van der Waals surface area contributed by atoms with Gasteiger partial charge in [0.2, 0.25) is 12.8 Å². The molecule has 15 heavy (non-hydrogen) atoms. The fourth-order valence-electron chi connectivity index (χ4n) is 0.136. The van der Waals surface area contributed by atoms with Gasteiger partial charge in [-0.05, 0) is 6.92 Å². The highest BCUT2D eigenvalue weighted by atomic mass is 16.4. The lowest BCUT2D eigenvalue weighted by Crippen LogP contribution is -1.82. The van der Waals surface area contributed by atoms with Crippen LogP contribution in [0.15, 0.2) is 24.8 Å². The van der Waals surface area contributed by atoms with Crippen LogP contribution in [-0.4, -0.2) is 23.9 Å². The number of allylic oxidation sites excluding steroid dienone is 3. The van der Waals surface area contributed by atoms with Gasteiger partial charge in [0.1, 0.15) is 0 Å². The molecular formula is C9H18N2O4. The van der Waals surface area contributed by atoms with Gasteiger partial charge in [-0.25, -0.2) is 0 Å². The molecule has 0 radical (unpaired) electrons. The fourth-order valence-corrected chi connectivity index (χ4v) is 0.136. The van der Waals surface area contributed by atoms with Crippen molar-refractivity contribution < 1.29 is 19.5 Å². The number of hydrogen-bond donors (Lipinski definition) is 3. The molecule has 6 heteroatoms. The Kier molecular flexibility index (Phi) is 62.5. The highest BCUT2D eigenvalue weighted by Gasteiger charge is 1.65. The molecule has 0 aromatic rings. The highest BCUT2D eigenvalue weighted by Crippen LogP contribution is 1.64. The molecule has 0 rings (SSSR count). The van der Waals surface area contributed by atoms with Crippen LogP contribution in [0, 0.1) is 0 Å². The van der Waals surface area contributed by atoms with E-state index in [2.05, 4.69) is 18.0 Å². The summed E-state index contributed by atoms with van der Waals surface area (Å²) in [4.78, 5) is 26.2. The molecule has 0 aromatic heterocycles. The summed E-state index contributed by atoms with van der Waals surface area (Å²) in [6, 6.07) is 0. The van der Waals surface area contributed by atoms with Crippen molar-refractivity contribution in [3.05, 3.63) is 24.8 Å². The molecule has 0 spiro atoms. The van der Waals surface area contributed by atoms with Gasteiger partial charge in [0.25, 0.3) is 5.97 Å². The number of carbonyl (C=O) groups excluding carboxylic acids is 2. The Morgan fingerprint density at radius 2 is 1.47 bits per heavy atom. The van der Waals surface area contributed by atoms with E-state index in [0.717, 1.165) is 6.92 Å². The maximum atomic E-state index is 9.00. The maximum absolute atomic E-state index is 9.00. The van der Waals surface area contributed by atoms with E-state index >= 15 is 0 Å². The Hall–Kier alpha value is -2.11. The number of amides is 2. The number of rotatable bonds is 1. The van der Waals surface area contributed by atoms with Crippen molar-refractivity contribution in [3.8, 4) is 0 Å². The summed E-state index contributed by atoms with van der Waals surface area (Å²) in [5.41, 5.74) is 8.33. The first-order valence-electron chi connectivity index (χ1n) is 3.72. The first-order valence-corrected chi connectivity index (χ1v) is 3.72. The van der Waals surface area contributed by atoms with Crippen LogP contribution in [0.5, 0.6) is 0 Å². The van der Waals surface area contributed by atoms with Crippen molar-refractivity contribution in [1.82, 2.24) is 0 Å². The minimum absolute atomic E-state index is 0.250. The van der Waals surface area contributed by atoms with Crippen LogP contribution in [0.3, 0.4) is 0 Å². The summed E-state index contributed by atoms with van der Waals surface area (Å²) >= 11 is 0. The van der Waals surface area contributed by atoms with Gasteiger partial charge in [-0.1, -0.05) is 24.8 Å². The first kappa shape index (κ1) is 23.1. The monoisotopic (exact) mass is 218 g/mol. The normalized spacial score (nSPS) is 6.27. The zero-order valence-corrected chi connectivity index (χ0v) is 8.92. The average molecular weight is 218 g/mol. The third kappa shape index (κ3) is 96100. The van der Waals surface area contributed by atoms with E-state index < -0.39 is 5.97 Å². The second-order valence-electron chi connectivity index (χ2n) is 1.55. The van der Waals surface area contributed by atoms with E-state index in [0.29, 0.717) is 0 Å². The van der Waals surface area contributed by atoms with Crippen molar-refractivity contribution in [2.24, 2.45) is 11.5 Å². The smallest absolute Gasteiger partial charge is 0.300 e. The van der Waals surface area contributed by atoms with E-state index in [1.165, 1.54) is 0 Å². The van der Waals surface area contributed by atoms with E-state index in [9.17, 15) is 0 Å². The number of carboxylic acid groups (broad SMARTS) is 1. The second-order valence-corrected chi connectivity index (χ2v) is 1.55. The maximum Gasteiger partial charge on any atom is 0.300 e. The van der Waals surface area contributed by atoms with Gasteiger partial charge < -0.3 is 16.6 Å². The minimum Gasteiger partial charge on any atom is -0.481 e.